The molecule has 5 aromatic rings. The molecule has 1 amide bonds. The summed E-state index contributed by atoms with van der Waals surface area (Å²) in [5, 5.41) is 18.7. The Hall–Kier alpha value is -4.30. The molecule has 0 unspecified atom stereocenters. The van der Waals surface area contributed by atoms with Crippen molar-refractivity contribution in [3.8, 4) is 11.1 Å². The molecule has 5 heterocycles. The van der Waals surface area contributed by atoms with E-state index in [1.807, 2.05) is 0 Å². The summed E-state index contributed by atoms with van der Waals surface area (Å²) < 4.78 is 45.9. The maximum Gasteiger partial charge on any atom is 0.350 e. The van der Waals surface area contributed by atoms with E-state index in [0.717, 1.165) is 12.8 Å². The van der Waals surface area contributed by atoms with Crippen molar-refractivity contribution >= 4 is 23.0 Å². The first-order chi connectivity index (χ1) is 18.4. The zero-order valence-corrected chi connectivity index (χ0v) is 20.3. The Labute approximate surface area is 214 Å². The predicted molar refractivity (Wildman–Crippen MR) is 129 cm³/mol. The van der Waals surface area contributed by atoms with Gasteiger partial charge in [-0.2, -0.15) is 19.0 Å². The van der Waals surface area contributed by atoms with Gasteiger partial charge in [0.15, 0.2) is 17.1 Å². The third kappa shape index (κ3) is 4.59. The van der Waals surface area contributed by atoms with Gasteiger partial charge >= 0.3 is 5.92 Å². The highest BCUT2D eigenvalue weighted by Crippen LogP contribution is 2.34. The molecule has 14 heteroatoms. The van der Waals surface area contributed by atoms with Gasteiger partial charge in [-0.25, -0.2) is 14.2 Å². The third-order valence-corrected chi connectivity index (χ3v) is 6.15. The Kier molecular flexibility index (Phi) is 6.04. The Morgan fingerprint density at radius 3 is 2.74 bits per heavy atom. The predicted octanol–water partition coefficient (Wildman–Crippen LogP) is 2.74. The minimum Gasteiger partial charge on any atom is -0.382 e. The number of nitrogens with zero attached hydrogens (tertiary/aromatic N) is 8. The number of methoxy groups -OCH3 is 1. The Balaban J connectivity index is 1.27. The van der Waals surface area contributed by atoms with Crippen LogP contribution in [0.2, 0.25) is 0 Å². The average molecular weight is 524 g/mol. The van der Waals surface area contributed by atoms with Gasteiger partial charge < -0.3 is 14.8 Å². The lowest BCUT2D eigenvalue weighted by Crippen LogP contribution is -2.22. The smallest absolute Gasteiger partial charge is 0.350 e. The summed E-state index contributed by atoms with van der Waals surface area (Å²) in [5.41, 5.74) is 1.40. The first kappa shape index (κ1) is 24.1. The van der Waals surface area contributed by atoms with E-state index in [9.17, 15) is 4.79 Å². The largest absolute Gasteiger partial charge is 0.382 e. The van der Waals surface area contributed by atoms with Crippen LogP contribution < -0.4 is 5.32 Å². The molecule has 0 radical (unpaired) electrons. The maximum absolute atomic E-state index is 15.7. The number of hydrogen-bond acceptors (Lipinski definition) is 8. The molecule has 0 saturated heterocycles. The number of fused-ring (bicyclic) bond motifs is 2. The molecule has 196 valence electrons. The number of imidazole rings is 1. The number of rotatable bonds is 10. The number of amides is 1. The van der Waals surface area contributed by atoms with Gasteiger partial charge in [0, 0.05) is 36.5 Å². The van der Waals surface area contributed by atoms with Crippen molar-refractivity contribution in [1.82, 2.24) is 39.0 Å². The van der Waals surface area contributed by atoms with Crippen molar-refractivity contribution in [2.75, 3.05) is 25.6 Å². The summed E-state index contributed by atoms with van der Waals surface area (Å²) in [4.78, 5) is 16.3. The number of ether oxygens (including phenoxy) is 2. The van der Waals surface area contributed by atoms with E-state index in [2.05, 4.69) is 30.7 Å². The number of nitrogens with one attached hydrogen (secondary N) is 1. The highest BCUT2D eigenvalue weighted by molar-refractivity contribution is 5.93. The van der Waals surface area contributed by atoms with Gasteiger partial charge in [-0.05, 0) is 37.1 Å². The molecule has 1 aliphatic rings. The van der Waals surface area contributed by atoms with Crippen LogP contribution in [0.1, 0.15) is 24.4 Å². The number of halogens is 2. The topological polar surface area (TPSA) is 126 Å². The van der Waals surface area contributed by atoms with E-state index in [4.69, 9.17) is 9.47 Å². The molecule has 0 atom stereocenters. The molecule has 0 aromatic carbocycles. The van der Waals surface area contributed by atoms with Crippen LogP contribution in [-0.2, 0) is 26.9 Å². The molecule has 1 fully saturated rings. The van der Waals surface area contributed by atoms with E-state index in [1.54, 1.807) is 36.3 Å². The molecular formula is C24H23F2N9O3. The molecule has 0 aliphatic heterocycles. The Morgan fingerprint density at radius 1 is 1.08 bits per heavy atom. The number of aromatic nitrogens is 8. The molecule has 1 aliphatic carbocycles. The van der Waals surface area contributed by atoms with Crippen molar-refractivity contribution in [1.29, 1.82) is 0 Å². The lowest BCUT2D eigenvalue weighted by Gasteiger charge is -2.14. The number of carbonyl (C=O) groups is 1. The number of alkyl halides is 2. The molecule has 1 saturated carbocycles. The lowest BCUT2D eigenvalue weighted by atomic mass is 10.1. The minimum absolute atomic E-state index is 0.0117. The van der Waals surface area contributed by atoms with Gasteiger partial charge in [0.25, 0.3) is 0 Å². The zero-order chi connectivity index (χ0) is 26.3. The van der Waals surface area contributed by atoms with Crippen LogP contribution in [0.3, 0.4) is 0 Å². The van der Waals surface area contributed by atoms with Gasteiger partial charge in [0.1, 0.15) is 12.4 Å². The first-order valence-corrected chi connectivity index (χ1v) is 11.9. The summed E-state index contributed by atoms with van der Waals surface area (Å²) in [6.07, 6.45) is 8.00. The highest BCUT2D eigenvalue weighted by atomic mass is 19.3. The summed E-state index contributed by atoms with van der Waals surface area (Å²) >= 11 is 0. The van der Waals surface area contributed by atoms with Crippen molar-refractivity contribution in [3.63, 3.8) is 0 Å². The van der Waals surface area contributed by atoms with Crippen LogP contribution in [0.4, 0.5) is 14.6 Å². The number of carbonyl (C=O) groups excluding carboxylic acids is 1. The van der Waals surface area contributed by atoms with E-state index >= 15 is 8.78 Å². The minimum atomic E-state index is -3.58. The van der Waals surface area contributed by atoms with Crippen LogP contribution in [-0.4, -0.2) is 65.2 Å². The fourth-order valence-corrected chi connectivity index (χ4v) is 3.96. The zero-order valence-electron chi connectivity index (χ0n) is 20.3. The van der Waals surface area contributed by atoms with Gasteiger partial charge in [-0.15, -0.1) is 10.2 Å². The van der Waals surface area contributed by atoms with Crippen LogP contribution in [0, 0.1) is 5.92 Å². The summed E-state index contributed by atoms with van der Waals surface area (Å²) in [6.45, 7) is 1.12. The van der Waals surface area contributed by atoms with Crippen LogP contribution in [0.25, 0.3) is 22.4 Å². The molecular weight excluding hydrogens is 500 g/mol. The standard InChI is InChI=1S/C24H23F2N9O3/c1-37-8-9-38-14-33-11-17(10-27-33)16-4-6-21-30-31-23(34(21)12-16)24(25,26)18-5-7-20-28-19(13-35(20)32-18)29-22(36)15-2-3-15/h4-7,10-13,15H,2-3,8-9,14H2,1H3,(H,29,36). The van der Waals surface area contributed by atoms with Gasteiger partial charge in [-0.1, -0.05) is 0 Å². The van der Waals surface area contributed by atoms with Crippen molar-refractivity contribution in [2.45, 2.75) is 25.5 Å². The quantitative estimate of drug-likeness (QED) is 0.277. The fourth-order valence-electron chi connectivity index (χ4n) is 3.96. The van der Waals surface area contributed by atoms with E-state index < -0.39 is 17.4 Å². The molecule has 0 bridgehead atoms. The molecule has 6 rings (SSSR count). The van der Waals surface area contributed by atoms with Crippen LogP contribution >= 0.6 is 0 Å². The van der Waals surface area contributed by atoms with E-state index in [1.165, 1.54) is 33.4 Å². The Morgan fingerprint density at radius 2 is 1.92 bits per heavy atom. The second-order valence-electron chi connectivity index (χ2n) is 8.95. The lowest BCUT2D eigenvalue weighted by molar-refractivity contribution is -0.117. The fraction of sp³-hybridized carbons (Fsp3) is 0.333. The van der Waals surface area contributed by atoms with Gasteiger partial charge in [-0.3, -0.25) is 9.20 Å². The maximum atomic E-state index is 15.7. The van der Waals surface area contributed by atoms with Crippen molar-refractivity contribution < 1.29 is 23.0 Å². The average Bonchev–Trinajstić information content (AvgIpc) is 3.31. The molecule has 1 N–H and O–H groups in total. The van der Waals surface area contributed by atoms with Gasteiger partial charge in [0.2, 0.25) is 11.7 Å². The summed E-state index contributed by atoms with van der Waals surface area (Å²) in [7, 11) is 1.59. The third-order valence-electron chi connectivity index (χ3n) is 6.15. The number of anilines is 1. The number of pyridine rings is 1. The number of hydrogen-bond donors (Lipinski definition) is 1. The molecule has 0 spiro atoms. The first-order valence-electron chi connectivity index (χ1n) is 11.9. The summed E-state index contributed by atoms with van der Waals surface area (Å²) in [5.74, 6) is -4.04. The van der Waals surface area contributed by atoms with E-state index in [-0.39, 0.29) is 30.0 Å². The molecule has 38 heavy (non-hydrogen) atoms. The monoisotopic (exact) mass is 523 g/mol. The normalized spacial score (nSPS) is 14.0. The molecule has 12 nitrogen and oxygen atoms in total. The van der Waals surface area contributed by atoms with Crippen molar-refractivity contribution in [3.05, 3.63) is 60.6 Å². The van der Waals surface area contributed by atoms with Crippen molar-refractivity contribution in [2.24, 2.45) is 5.92 Å². The van der Waals surface area contributed by atoms with Crippen LogP contribution in [0.15, 0.2) is 49.1 Å². The SMILES string of the molecule is COCCOCn1cc(-c2ccc3nnc(C(F)(F)c4ccc5nc(NC(=O)C6CC6)cn5n4)n3c2)cn1. The van der Waals surface area contributed by atoms with Crippen LogP contribution in [0.5, 0.6) is 0 Å². The molecule has 5 aromatic heterocycles. The Bertz CT molecular complexity index is 1620. The second kappa shape index (κ2) is 9.54. The second-order valence-corrected chi connectivity index (χ2v) is 8.95. The summed E-state index contributed by atoms with van der Waals surface area (Å²) in [6, 6.07) is 5.97. The van der Waals surface area contributed by atoms with E-state index in [0.29, 0.717) is 30.0 Å². The van der Waals surface area contributed by atoms with Gasteiger partial charge in [0.05, 0.1) is 25.6 Å². The highest BCUT2D eigenvalue weighted by Gasteiger charge is 2.41.